The molecule has 2 unspecified atom stereocenters. The van der Waals surface area contributed by atoms with Gasteiger partial charge < -0.3 is 14.0 Å². The summed E-state index contributed by atoms with van der Waals surface area (Å²) in [5.74, 6) is 0.554. The van der Waals surface area contributed by atoms with Crippen LogP contribution in [0.4, 0.5) is 4.39 Å². The molecule has 3 saturated heterocycles. The Balaban J connectivity index is 1.34. The monoisotopic (exact) mass is 393 g/mol. The second-order valence-corrected chi connectivity index (χ2v) is 7.87. The standard InChI is InChI=1S/C19H21ClFN3O3/c20-14-4-3-11(8-15(14)21)17-13(5-7-25-17)19-22-18(23-27-19)16-9-24-6-1-2-12(24)10-26-16/h3-4,8,12-13,16-17H,1-2,5-7,9-10H2/t12?,13-,16?,17+/m1/s1. The summed E-state index contributed by atoms with van der Waals surface area (Å²) < 4.78 is 31.2. The van der Waals surface area contributed by atoms with Gasteiger partial charge in [0.15, 0.2) is 0 Å². The van der Waals surface area contributed by atoms with Crippen molar-refractivity contribution < 1.29 is 18.4 Å². The third-order valence-corrected chi connectivity index (χ3v) is 6.12. The van der Waals surface area contributed by atoms with Gasteiger partial charge in [0.05, 0.1) is 23.7 Å². The van der Waals surface area contributed by atoms with E-state index >= 15 is 0 Å². The minimum absolute atomic E-state index is 0.100. The molecule has 3 aliphatic rings. The molecule has 5 rings (SSSR count). The first-order valence-electron chi connectivity index (χ1n) is 9.45. The highest BCUT2D eigenvalue weighted by molar-refractivity contribution is 6.30. The lowest BCUT2D eigenvalue weighted by Crippen LogP contribution is -2.42. The van der Waals surface area contributed by atoms with E-state index in [1.54, 1.807) is 12.1 Å². The van der Waals surface area contributed by atoms with Crippen LogP contribution in [0.2, 0.25) is 5.02 Å². The molecule has 4 heterocycles. The van der Waals surface area contributed by atoms with Gasteiger partial charge in [-0.15, -0.1) is 0 Å². The van der Waals surface area contributed by atoms with Gasteiger partial charge >= 0.3 is 0 Å². The number of ether oxygens (including phenoxy) is 2. The van der Waals surface area contributed by atoms with Gasteiger partial charge in [0.25, 0.3) is 0 Å². The van der Waals surface area contributed by atoms with Crippen LogP contribution >= 0.6 is 11.6 Å². The van der Waals surface area contributed by atoms with Crippen molar-refractivity contribution in [1.82, 2.24) is 15.0 Å². The predicted octanol–water partition coefficient (Wildman–Crippen LogP) is 3.64. The second-order valence-electron chi connectivity index (χ2n) is 7.46. The highest BCUT2D eigenvalue weighted by Gasteiger charge is 2.38. The number of hydrogen-bond donors (Lipinski definition) is 0. The van der Waals surface area contributed by atoms with E-state index in [1.807, 2.05) is 0 Å². The van der Waals surface area contributed by atoms with Gasteiger partial charge in [0.2, 0.25) is 11.7 Å². The number of hydrogen-bond acceptors (Lipinski definition) is 6. The number of benzene rings is 1. The zero-order chi connectivity index (χ0) is 18.4. The summed E-state index contributed by atoms with van der Waals surface area (Å²) in [7, 11) is 0. The number of fused-ring (bicyclic) bond motifs is 1. The summed E-state index contributed by atoms with van der Waals surface area (Å²) in [6.07, 6.45) is 2.68. The minimum atomic E-state index is -0.453. The molecule has 0 amide bonds. The Bertz CT molecular complexity index is 832. The quantitative estimate of drug-likeness (QED) is 0.793. The number of rotatable bonds is 3. The Labute approximate surface area is 161 Å². The Morgan fingerprint density at radius 3 is 3.04 bits per heavy atom. The zero-order valence-corrected chi connectivity index (χ0v) is 15.6. The zero-order valence-electron chi connectivity index (χ0n) is 14.8. The SMILES string of the molecule is Fc1cc([C@@H]2OCC[C@H]2c2nc(C3CN4CCCC4CO3)no2)ccc1Cl. The van der Waals surface area contributed by atoms with E-state index < -0.39 is 5.82 Å². The van der Waals surface area contributed by atoms with Crippen LogP contribution in [-0.4, -0.2) is 47.4 Å². The highest BCUT2D eigenvalue weighted by atomic mass is 35.5. The average Bonchev–Trinajstić information content (AvgIpc) is 3.42. The molecular weight excluding hydrogens is 373 g/mol. The number of aromatic nitrogens is 2. The molecule has 27 heavy (non-hydrogen) atoms. The van der Waals surface area contributed by atoms with Gasteiger partial charge in [-0.1, -0.05) is 22.8 Å². The van der Waals surface area contributed by atoms with Crippen molar-refractivity contribution in [2.24, 2.45) is 0 Å². The minimum Gasteiger partial charge on any atom is -0.373 e. The molecule has 0 N–H and O–H groups in total. The predicted molar refractivity (Wildman–Crippen MR) is 95.0 cm³/mol. The fraction of sp³-hybridized carbons (Fsp3) is 0.579. The first-order chi connectivity index (χ1) is 13.2. The summed E-state index contributed by atoms with van der Waals surface area (Å²) in [6.45, 7) is 3.19. The highest BCUT2D eigenvalue weighted by Crippen LogP contribution is 2.42. The van der Waals surface area contributed by atoms with Crippen LogP contribution in [0.25, 0.3) is 0 Å². The lowest BCUT2D eigenvalue weighted by molar-refractivity contribution is -0.0548. The average molecular weight is 394 g/mol. The van der Waals surface area contributed by atoms with E-state index in [-0.39, 0.29) is 23.1 Å². The molecule has 0 saturated carbocycles. The molecule has 1 aromatic heterocycles. The molecule has 4 atom stereocenters. The summed E-state index contributed by atoms with van der Waals surface area (Å²) in [6, 6.07) is 5.27. The molecular formula is C19H21ClFN3O3. The van der Waals surface area contributed by atoms with Gasteiger partial charge in [-0.25, -0.2) is 4.39 Å². The van der Waals surface area contributed by atoms with E-state index in [0.717, 1.165) is 25.1 Å². The largest absolute Gasteiger partial charge is 0.373 e. The van der Waals surface area contributed by atoms with E-state index in [9.17, 15) is 4.39 Å². The second kappa shape index (κ2) is 7.13. The Morgan fingerprint density at radius 1 is 1.22 bits per heavy atom. The van der Waals surface area contributed by atoms with Crippen LogP contribution in [0, 0.1) is 5.82 Å². The summed E-state index contributed by atoms with van der Waals surface area (Å²) in [5.41, 5.74) is 0.730. The smallest absolute Gasteiger partial charge is 0.232 e. The maximum absolute atomic E-state index is 13.9. The van der Waals surface area contributed by atoms with Gasteiger partial charge in [-0.05, 0) is 43.5 Å². The van der Waals surface area contributed by atoms with E-state index in [2.05, 4.69) is 15.0 Å². The van der Waals surface area contributed by atoms with Crippen LogP contribution in [0.15, 0.2) is 22.7 Å². The Morgan fingerprint density at radius 2 is 2.15 bits per heavy atom. The lowest BCUT2D eigenvalue weighted by atomic mass is 9.95. The fourth-order valence-corrected chi connectivity index (χ4v) is 4.48. The summed E-state index contributed by atoms with van der Waals surface area (Å²) in [4.78, 5) is 7.06. The molecule has 1 aromatic carbocycles. The van der Waals surface area contributed by atoms with Gasteiger partial charge in [0.1, 0.15) is 11.9 Å². The van der Waals surface area contributed by atoms with Crippen LogP contribution in [-0.2, 0) is 9.47 Å². The normalized spacial score (nSPS) is 31.3. The Kier molecular flexibility index (Phi) is 4.63. The molecule has 0 radical (unpaired) electrons. The van der Waals surface area contributed by atoms with Crippen molar-refractivity contribution in [3.63, 3.8) is 0 Å². The molecule has 0 spiro atoms. The maximum Gasteiger partial charge on any atom is 0.232 e. The van der Waals surface area contributed by atoms with Crippen LogP contribution in [0.1, 0.15) is 54.7 Å². The summed E-state index contributed by atoms with van der Waals surface area (Å²) >= 11 is 5.79. The molecule has 3 fully saturated rings. The molecule has 0 aliphatic carbocycles. The topological polar surface area (TPSA) is 60.6 Å². The fourth-order valence-electron chi connectivity index (χ4n) is 4.36. The molecule has 8 heteroatoms. The van der Waals surface area contributed by atoms with Gasteiger partial charge in [-0.3, -0.25) is 4.90 Å². The number of nitrogens with zero attached hydrogens (tertiary/aromatic N) is 3. The van der Waals surface area contributed by atoms with Crippen molar-refractivity contribution in [3.05, 3.63) is 46.3 Å². The molecule has 144 valence electrons. The van der Waals surface area contributed by atoms with Crippen molar-refractivity contribution in [2.45, 2.75) is 43.4 Å². The Hall–Kier alpha value is -1.54. The molecule has 2 aromatic rings. The van der Waals surface area contributed by atoms with Crippen molar-refractivity contribution in [2.75, 3.05) is 26.3 Å². The van der Waals surface area contributed by atoms with Gasteiger partial charge in [0, 0.05) is 19.2 Å². The number of halogens is 2. The maximum atomic E-state index is 13.9. The first kappa shape index (κ1) is 17.6. The molecule has 3 aliphatic heterocycles. The lowest BCUT2D eigenvalue weighted by Gasteiger charge is -2.33. The number of morpholine rings is 1. The van der Waals surface area contributed by atoms with Crippen molar-refractivity contribution in [3.8, 4) is 0 Å². The van der Waals surface area contributed by atoms with E-state index in [0.29, 0.717) is 31.0 Å². The third kappa shape index (κ3) is 3.27. The van der Waals surface area contributed by atoms with E-state index in [4.69, 9.17) is 25.6 Å². The van der Waals surface area contributed by atoms with Crippen molar-refractivity contribution >= 4 is 11.6 Å². The van der Waals surface area contributed by atoms with Crippen LogP contribution in [0.3, 0.4) is 0 Å². The first-order valence-corrected chi connectivity index (χ1v) is 9.82. The van der Waals surface area contributed by atoms with Crippen LogP contribution < -0.4 is 0 Å². The molecule has 0 bridgehead atoms. The van der Waals surface area contributed by atoms with E-state index in [1.165, 1.54) is 18.9 Å². The summed E-state index contributed by atoms with van der Waals surface area (Å²) in [5, 5.41) is 4.27. The third-order valence-electron chi connectivity index (χ3n) is 5.82. The van der Waals surface area contributed by atoms with Crippen molar-refractivity contribution in [1.29, 1.82) is 0 Å². The van der Waals surface area contributed by atoms with Gasteiger partial charge in [-0.2, -0.15) is 4.98 Å². The van der Waals surface area contributed by atoms with Crippen LogP contribution in [0.5, 0.6) is 0 Å². The molecule has 6 nitrogen and oxygen atoms in total.